The highest BCUT2D eigenvalue weighted by Gasteiger charge is 2.38. The van der Waals surface area contributed by atoms with Crippen LogP contribution in [-0.2, 0) is 4.79 Å². The molecule has 0 spiro atoms. The number of carbonyl (C=O) groups excluding carboxylic acids is 1. The van der Waals surface area contributed by atoms with Gasteiger partial charge in [-0.25, -0.2) is 0 Å². The Labute approximate surface area is 128 Å². The standard InChI is InChI=1S/C18H28N2O/c1-15-9-4-5-10-16(15)20(14-8-13-19)17(21)18(2)11-6-3-7-12-18/h4-5,9-10H,3,6-8,11-14,19H2,1-2H3. The summed E-state index contributed by atoms with van der Waals surface area (Å²) in [5, 5.41) is 0. The van der Waals surface area contributed by atoms with Crippen molar-refractivity contribution >= 4 is 11.6 Å². The molecule has 0 saturated heterocycles. The molecule has 1 aromatic carbocycles. The number of carbonyl (C=O) groups is 1. The molecule has 1 saturated carbocycles. The Kier molecular flexibility index (Phi) is 5.40. The number of anilines is 1. The quantitative estimate of drug-likeness (QED) is 0.899. The first kappa shape index (κ1) is 16.0. The second-order valence-corrected chi connectivity index (χ2v) is 6.51. The Hall–Kier alpha value is -1.35. The maximum atomic E-state index is 13.2. The Morgan fingerprint density at radius 1 is 1.24 bits per heavy atom. The van der Waals surface area contributed by atoms with Crippen LogP contribution in [0.25, 0.3) is 0 Å². The Morgan fingerprint density at radius 3 is 2.52 bits per heavy atom. The van der Waals surface area contributed by atoms with Crippen LogP contribution in [0.3, 0.4) is 0 Å². The van der Waals surface area contributed by atoms with Crippen LogP contribution in [0, 0.1) is 12.3 Å². The van der Waals surface area contributed by atoms with E-state index >= 15 is 0 Å². The minimum absolute atomic E-state index is 0.199. The summed E-state index contributed by atoms with van der Waals surface area (Å²) < 4.78 is 0. The van der Waals surface area contributed by atoms with Crippen molar-refractivity contribution in [2.24, 2.45) is 11.1 Å². The predicted octanol–water partition coefficient (Wildman–Crippen LogP) is 3.65. The number of aryl methyl sites for hydroxylation is 1. The first-order chi connectivity index (χ1) is 10.1. The number of amides is 1. The molecule has 21 heavy (non-hydrogen) atoms. The summed E-state index contributed by atoms with van der Waals surface area (Å²) in [6.07, 6.45) is 6.46. The first-order valence-electron chi connectivity index (χ1n) is 8.16. The van der Waals surface area contributed by atoms with Gasteiger partial charge in [-0.2, -0.15) is 0 Å². The van der Waals surface area contributed by atoms with E-state index in [0.717, 1.165) is 37.1 Å². The first-order valence-corrected chi connectivity index (χ1v) is 8.16. The van der Waals surface area contributed by atoms with Gasteiger partial charge in [0, 0.05) is 17.6 Å². The van der Waals surface area contributed by atoms with Crippen LogP contribution in [0.2, 0.25) is 0 Å². The molecule has 0 atom stereocenters. The molecule has 0 radical (unpaired) electrons. The van der Waals surface area contributed by atoms with Crippen molar-refractivity contribution in [3.8, 4) is 0 Å². The summed E-state index contributed by atoms with van der Waals surface area (Å²) in [7, 11) is 0. The average Bonchev–Trinajstić information content (AvgIpc) is 2.50. The summed E-state index contributed by atoms with van der Waals surface area (Å²) in [5.41, 5.74) is 7.67. The largest absolute Gasteiger partial charge is 0.330 e. The maximum absolute atomic E-state index is 13.2. The van der Waals surface area contributed by atoms with Crippen molar-refractivity contribution in [2.75, 3.05) is 18.0 Å². The molecular weight excluding hydrogens is 260 g/mol. The fraction of sp³-hybridized carbons (Fsp3) is 0.611. The zero-order valence-corrected chi connectivity index (χ0v) is 13.4. The number of nitrogens with two attached hydrogens (primary N) is 1. The molecule has 0 heterocycles. The van der Waals surface area contributed by atoms with Crippen LogP contribution in [-0.4, -0.2) is 19.0 Å². The number of hydrogen-bond acceptors (Lipinski definition) is 2. The molecule has 116 valence electrons. The van der Waals surface area contributed by atoms with Crippen LogP contribution in [0.4, 0.5) is 5.69 Å². The van der Waals surface area contributed by atoms with Gasteiger partial charge in [-0.1, -0.05) is 44.4 Å². The Bertz CT molecular complexity index is 478. The van der Waals surface area contributed by atoms with E-state index in [1.807, 2.05) is 17.0 Å². The highest BCUT2D eigenvalue weighted by atomic mass is 16.2. The van der Waals surface area contributed by atoms with Gasteiger partial charge in [0.1, 0.15) is 0 Å². The van der Waals surface area contributed by atoms with Gasteiger partial charge >= 0.3 is 0 Å². The van der Waals surface area contributed by atoms with Gasteiger partial charge in [-0.3, -0.25) is 4.79 Å². The van der Waals surface area contributed by atoms with Crippen LogP contribution in [0.1, 0.15) is 51.0 Å². The molecule has 1 aromatic rings. The molecule has 1 fully saturated rings. The zero-order valence-electron chi connectivity index (χ0n) is 13.4. The number of para-hydroxylation sites is 1. The van der Waals surface area contributed by atoms with Gasteiger partial charge in [0.2, 0.25) is 5.91 Å². The van der Waals surface area contributed by atoms with Gasteiger partial charge < -0.3 is 10.6 Å². The maximum Gasteiger partial charge on any atom is 0.232 e. The molecule has 1 amide bonds. The zero-order chi connectivity index (χ0) is 15.3. The third-order valence-electron chi connectivity index (χ3n) is 4.71. The molecular formula is C18H28N2O. The van der Waals surface area contributed by atoms with Gasteiger partial charge in [0.25, 0.3) is 0 Å². The van der Waals surface area contributed by atoms with Crippen molar-refractivity contribution in [2.45, 2.75) is 52.4 Å². The lowest BCUT2D eigenvalue weighted by molar-refractivity contribution is -0.129. The van der Waals surface area contributed by atoms with E-state index in [0.29, 0.717) is 6.54 Å². The van der Waals surface area contributed by atoms with Gasteiger partial charge in [-0.15, -0.1) is 0 Å². The van der Waals surface area contributed by atoms with Crippen molar-refractivity contribution in [3.05, 3.63) is 29.8 Å². The second-order valence-electron chi connectivity index (χ2n) is 6.51. The molecule has 2 rings (SSSR count). The van der Waals surface area contributed by atoms with E-state index in [-0.39, 0.29) is 11.3 Å². The van der Waals surface area contributed by atoms with Crippen LogP contribution >= 0.6 is 0 Å². The summed E-state index contributed by atoms with van der Waals surface area (Å²) >= 11 is 0. The van der Waals surface area contributed by atoms with Crippen molar-refractivity contribution in [1.29, 1.82) is 0 Å². The van der Waals surface area contributed by atoms with E-state index in [9.17, 15) is 4.79 Å². The van der Waals surface area contributed by atoms with Crippen molar-refractivity contribution in [1.82, 2.24) is 0 Å². The van der Waals surface area contributed by atoms with Gasteiger partial charge in [0.15, 0.2) is 0 Å². The van der Waals surface area contributed by atoms with E-state index < -0.39 is 0 Å². The Morgan fingerprint density at radius 2 is 1.90 bits per heavy atom. The molecule has 0 unspecified atom stereocenters. The average molecular weight is 288 g/mol. The molecule has 3 heteroatoms. The normalized spacial score (nSPS) is 17.5. The third kappa shape index (κ3) is 3.65. The van der Waals surface area contributed by atoms with E-state index in [1.54, 1.807) is 0 Å². The number of benzene rings is 1. The highest BCUT2D eigenvalue weighted by molar-refractivity contribution is 5.98. The fourth-order valence-corrected chi connectivity index (χ4v) is 3.32. The van der Waals surface area contributed by atoms with E-state index in [2.05, 4.69) is 26.0 Å². The predicted molar refractivity (Wildman–Crippen MR) is 88.4 cm³/mol. The summed E-state index contributed by atoms with van der Waals surface area (Å²) in [6.45, 7) is 5.55. The lowest BCUT2D eigenvalue weighted by atomic mass is 9.74. The monoisotopic (exact) mass is 288 g/mol. The summed E-state index contributed by atoms with van der Waals surface area (Å²) in [6, 6.07) is 8.15. The molecule has 1 aliphatic carbocycles. The van der Waals surface area contributed by atoms with Crippen molar-refractivity contribution in [3.63, 3.8) is 0 Å². The second kappa shape index (κ2) is 7.08. The smallest absolute Gasteiger partial charge is 0.232 e. The number of nitrogens with zero attached hydrogens (tertiary/aromatic N) is 1. The summed E-state index contributed by atoms with van der Waals surface area (Å²) in [4.78, 5) is 15.1. The van der Waals surface area contributed by atoms with Crippen LogP contribution in [0.5, 0.6) is 0 Å². The highest BCUT2D eigenvalue weighted by Crippen LogP contribution is 2.38. The lowest BCUT2D eigenvalue weighted by Gasteiger charge is -2.37. The van der Waals surface area contributed by atoms with E-state index in [1.165, 1.54) is 19.3 Å². The molecule has 0 aromatic heterocycles. The SMILES string of the molecule is Cc1ccccc1N(CCCN)C(=O)C1(C)CCCCC1. The topological polar surface area (TPSA) is 46.3 Å². The Balaban J connectivity index is 2.27. The van der Waals surface area contributed by atoms with Gasteiger partial charge in [0.05, 0.1) is 0 Å². The van der Waals surface area contributed by atoms with Gasteiger partial charge in [-0.05, 0) is 44.4 Å². The molecule has 0 aliphatic heterocycles. The number of rotatable bonds is 5. The molecule has 2 N–H and O–H groups in total. The minimum atomic E-state index is -0.199. The summed E-state index contributed by atoms with van der Waals surface area (Å²) in [5.74, 6) is 0.282. The molecule has 3 nitrogen and oxygen atoms in total. The number of hydrogen-bond donors (Lipinski definition) is 1. The molecule has 0 bridgehead atoms. The lowest BCUT2D eigenvalue weighted by Crippen LogP contribution is -2.44. The van der Waals surface area contributed by atoms with Crippen LogP contribution < -0.4 is 10.6 Å². The molecule has 1 aliphatic rings. The fourth-order valence-electron chi connectivity index (χ4n) is 3.32. The van der Waals surface area contributed by atoms with Crippen molar-refractivity contribution < 1.29 is 4.79 Å². The van der Waals surface area contributed by atoms with Crippen LogP contribution in [0.15, 0.2) is 24.3 Å². The third-order valence-corrected chi connectivity index (χ3v) is 4.71. The van der Waals surface area contributed by atoms with E-state index in [4.69, 9.17) is 5.73 Å². The minimum Gasteiger partial charge on any atom is -0.330 e.